The Balaban J connectivity index is 0.00000210. The molecule has 0 saturated heterocycles. The first kappa shape index (κ1) is 35.3. The maximum absolute atomic E-state index is 4.01. The molecule has 9 rings (SSSR count). The van der Waals surface area contributed by atoms with Crippen molar-refractivity contribution in [2.75, 3.05) is 0 Å². The predicted molar refractivity (Wildman–Crippen MR) is 243 cm³/mol. The van der Waals surface area contributed by atoms with E-state index in [4.69, 9.17) is 0 Å². The lowest BCUT2D eigenvalue weighted by atomic mass is 9.84. The minimum absolute atomic E-state index is 1.14. The van der Waals surface area contributed by atoms with Crippen molar-refractivity contribution in [1.82, 2.24) is 0 Å². The van der Waals surface area contributed by atoms with Gasteiger partial charge in [-0.2, -0.15) is 0 Å². The monoisotopic (exact) mass is 704 g/mol. The lowest BCUT2D eigenvalue weighted by molar-refractivity contribution is 1.50. The van der Waals surface area contributed by atoms with Crippen LogP contribution >= 0.6 is 0 Å². The van der Waals surface area contributed by atoms with E-state index >= 15 is 0 Å². The van der Waals surface area contributed by atoms with Crippen LogP contribution in [0.4, 0.5) is 0 Å². The van der Waals surface area contributed by atoms with Gasteiger partial charge in [0.25, 0.3) is 0 Å². The number of allylic oxidation sites excluding steroid dienone is 5. The minimum Gasteiger partial charge on any atom is -0.0990 e. The maximum Gasteiger partial charge on any atom is -0.00262 e. The van der Waals surface area contributed by atoms with Crippen molar-refractivity contribution in [2.45, 2.75) is 20.8 Å². The summed E-state index contributed by atoms with van der Waals surface area (Å²) in [4.78, 5) is 0. The summed E-state index contributed by atoms with van der Waals surface area (Å²) in [6.45, 7) is 10.1. The Labute approximate surface area is 325 Å². The van der Waals surface area contributed by atoms with Gasteiger partial charge in [-0.25, -0.2) is 0 Å². The van der Waals surface area contributed by atoms with E-state index in [2.05, 4.69) is 208 Å². The number of benzene rings is 9. The molecule has 0 bridgehead atoms. The summed E-state index contributed by atoms with van der Waals surface area (Å²) in [5.74, 6) is 0. The van der Waals surface area contributed by atoms with E-state index in [1.54, 1.807) is 0 Å². The van der Waals surface area contributed by atoms with Gasteiger partial charge in [0.15, 0.2) is 0 Å². The zero-order valence-corrected chi connectivity index (χ0v) is 31.8. The van der Waals surface area contributed by atoms with Crippen LogP contribution in [-0.4, -0.2) is 0 Å². The molecule has 0 amide bonds. The number of rotatable bonds is 7. The lowest BCUT2D eigenvalue weighted by Gasteiger charge is -2.19. The van der Waals surface area contributed by atoms with E-state index in [0.29, 0.717) is 0 Å². The molecule has 9 aromatic rings. The van der Waals surface area contributed by atoms with E-state index in [0.717, 1.165) is 5.57 Å². The molecule has 0 nitrogen and oxygen atoms in total. The Bertz CT molecular complexity index is 2840. The van der Waals surface area contributed by atoms with Crippen LogP contribution in [0, 0.1) is 0 Å². The normalized spacial score (nSPS) is 11.7. The van der Waals surface area contributed by atoms with Gasteiger partial charge in [-0.05, 0) is 118 Å². The van der Waals surface area contributed by atoms with Gasteiger partial charge in [-0.1, -0.05) is 209 Å². The fourth-order valence-corrected chi connectivity index (χ4v) is 8.14. The van der Waals surface area contributed by atoms with Crippen LogP contribution in [0.5, 0.6) is 0 Å². The number of fused-ring (bicyclic) bond motifs is 4. The average Bonchev–Trinajstić information content (AvgIpc) is 3.25. The molecule has 0 aliphatic rings. The summed E-state index contributed by atoms with van der Waals surface area (Å²) < 4.78 is 0. The molecule has 0 spiro atoms. The smallest absolute Gasteiger partial charge is 0.00262 e. The summed E-state index contributed by atoms with van der Waals surface area (Å²) >= 11 is 0. The summed E-state index contributed by atoms with van der Waals surface area (Å²) in [7, 11) is 0. The van der Waals surface area contributed by atoms with Gasteiger partial charge in [-0.15, -0.1) is 0 Å². The second kappa shape index (κ2) is 15.7. The topological polar surface area (TPSA) is 0 Å². The third kappa shape index (κ3) is 6.58. The maximum atomic E-state index is 4.01. The van der Waals surface area contributed by atoms with Crippen molar-refractivity contribution in [1.29, 1.82) is 0 Å². The highest BCUT2D eigenvalue weighted by atomic mass is 14.2. The molecule has 0 saturated carbocycles. The van der Waals surface area contributed by atoms with Crippen molar-refractivity contribution < 1.29 is 0 Å². The minimum atomic E-state index is 1.14. The Hall–Kier alpha value is -6.76. The predicted octanol–water partition coefficient (Wildman–Crippen LogP) is 16.1. The van der Waals surface area contributed by atoms with Crippen molar-refractivity contribution in [3.8, 4) is 44.5 Å². The van der Waals surface area contributed by atoms with Gasteiger partial charge in [-0.3, -0.25) is 0 Å². The third-order valence-corrected chi connectivity index (χ3v) is 10.5. The van der Waals surface area contributed by atoms with Crippen molar-refractivity contribution >= 4 is 48.7 Å². The molecule has 9 aromatic carbocycles. The van der Waals surface area contributed by atoms with E-state index in [-0.39, 0.29) is 0 Å². The fraction of sp³-hybridized carbons (Fsp3) is 0.0545. The molecule has 0 N–H and O–H groups in total. The van der Waals surface area contributed by atoms with Crippen LogP contribution in [0.1, 0.15) is 26.3 Å². The zero-order valence-electron chi connectivity index (χ0n) is 31.8. The molecule has 0 radical (unpaired) electrons. The van der Waals surface area contributed by atoms with Crippen LogP contribution < -0.4 is 0 Å². The van der Waals surface area contributed by atoms with E-state index < -0.39 is 0 Å². The number of hydrogen-bond acceptors (Lipinski definition) is 0. The second-order valence-corrected chi connectivity index (χ2v) is 13.6. The Kier molecular flexibility index (Phi) is 10.1. The van der Waals surface area contributed by atoms with Crippen LogP contribution in [0.2, 0.25) is 0 Å². The van der Waals surface area contributed by atoms with Gasteiger partial charge in [0.1, 0.15) is 0 Å². The first-order valence-corrected chi connectivity index (χ1v) is 19.3. The van der Waals surface area contributed by atoms with Crippen LogP contribution in [0.3, 0.4) is 0 Å². The summed E-state index contributed by atoms with van der Waals surface area (Å²) in [6.07, 6.45) is 8.23. The molecule has 0 aliphatic carbocycles. The molecule has 0 heteroatoms. The molecular formula is C55H44. The van der Waals surface area contributed by atoms with Crippen molar-refractivity contribution in [3.63, 3.8) is 0 Å². The quantitative estimate of drug-likeness (QED) is 0.114. The molecule has 0 atom stereocenters. The van der Waals surface area contributed by atoms with Crippen molar-refractivity contribution in [2.24, 2.45) is 0 Å². The summed E-state index contributed by atoms with van der Waals surface area (Å²) in [5.41, 5.74) is 12.2. The SMILES string of the molecule is C=C/C=C(\C=C/C)c1ccc2ccccc2c1-c1ccc(-c2c3ccccc3c(-c3cccc(-c4ccc5ccccc5c4)c3)c3ccccc23)cc1.CC. The van der Waals surface area contributed by atoms with Gasteiger partial charge in [0.2, 0.25) is 0 Å². The van der Waals surface area contributed by atoms with Crippen LogP contribution in [0.15, 0.2) is 207 Å². The zero-order chi connectivity index (χ0) is 37.7. The van der Waals surface area contributed by atoms with Crippen molar-refractivity contribution in [3.05, 3.63) is 212 Å². The molecule has 0 unspecified atom stereocenters. The van der Waals surface area contributed by atoms with Gasteiger partial charge in [0, 0.05) is 0 Å². The average molecular weight is 705 g/mol. The molecule has 0 fully saturated rings. The first-order valence-electron chi connectivity index (χ1n) is 19.3. The van der Waals surface area contributed by atoms with E-state index in [1.165, 1.54) is 93.2 Å². The fourth-order valence-electron chi connectivity index (χ4n) is 8.14. The molecule has 55 heavy (non-hydrogen) atoms. The van der Waals surface area contributed by atoms with E-state index in [1.807, 2.05) is 19.9 Å². The van der Waals surface area contributed by atoms with E-state index in [9.17, 15) is 0 Å². The van der Waals surface area contributed by atoms with Gasteiger partial charge in [0.05, 0.1) is 0 Å². The highest BCUT2D eigenvalue weighted by molar-refractivity contribution is 6.21. The van der Waals surface area contributed by atoms with Gasteiger partial charge < -0.3 is 0 Å². The Morgan fingerprint density at radius 3 is 1.49 bits per heavy atom. The summed E-state index contributed by atoms with van der Waals surface area (Å²) in [6, 6.07) is 64.6. The first-order chi connectivity index (χ1) is 27.2. The molecule has 264 valence electrons. The van der Waals surface area contributed by atoms with Gasteiger partial charge >= 0.3 is 0 Å². The molecule has 0 heterocycles. The highest BCUT2D eigenvalue weighted by Gasteiger charge is 2.18. The molecule has 0 aliphatic heterocycles. The largest absolute Gasteiger partial charge is 0.0990 e. The molecule has 0 aromatic heterocycles. The van der Waals surface area contributed by atoms with Crippen LogP contribution in [-0.2, 0) is 0 Å². The third-order valence-electron chi connectivity index (χ3n) is 10.5. The Morgan fingerprint density at radius 2 is 0.873 bits per heavy atom. The lowest BCUT2D eigenvalue weighted by Crippen LogP contribution is -1.93. The van der Waals surface area contributed by atoms with Crippen LogP contribution in [0.25, 0.3) is 93.2 Å². The molecular weight excluding hydrogens is 661 g/mol. The number of hydrogen-bond donors (Lipinski definition) is 0. The summed E-state index contributed by atoms with van der Waals surface area (Å²) in [5, 5.41) is 9.98. The second-order valence-electron chi connectivity index (χ2n) is 13.6. The highest BCUT2D eigenvalue weighted by Crippen LogP contribution is 2.45. The Morgan fingerprint density at radius 1 is 0.400 bits per heavy atom. The standard InChI is InChI=1S/C53H38.C2H6/c1-3-14-37(15-4-2)46-33-32-38-17-7-8-21-45(38)51(46)39-27-29-40(30-28-39)52-47-22-9-11-24-49(47)53(50-25-12-10-23-48(50)52)44-20-13-19-42(35-44)43-31-26-36-16-5-6-18-41(36)34-43;1-2/h3-35H,1H2,2H3;1-2H3/b15-4-,37-14+;.